The minimum Gasteiger partial charge on any atom is -0.449 e. The lowest BCUT2D eigenvalue weighted by molar-refractivity contribution is -0.121. The molecule has 4 N–H and O–H groups in total. The Morgan fingerprint density at radius 3 is 0.671 bits per heavy atom. The molecule has 4 fully saturated rings. The molecule has 0 aliphatic heterocycles. The molecule has 20 nitrogen and oxygen atoms in total. The summed E-state index contributed by atoms with van der Waals surface area (Å²) in [5.41, 5.74) is -0.795. The van der Waals surface area contributed by atoms with Crippen molar-refractivity contribution in [3.05, 3.63) is 0 Å². The number of amides is 4. The van der Waals surface area contributed by atoms with Crippen molar-refractivity contribution < 1.29 is 76.0 Å². The Balaban J connectivity index is 0.737. The average Bonchev–Trinajstić information content (AvgIpc) is 3.52. The molecule has 8 aliphatic carbocycles. The van der Waals surface area contributed by atoms with Gasteiger partial charge in [0.15, 0.2) is 0 Å². The van der Waals surface area contributed by atoms with E-state index in [0.29, 0.717) is 124 Å². The van der Waals surface area contributed by atoms with Gasteiger partial charge in [0, 0.05) is 77.5 Å². The van der Waals surface area contributed by atoms with Crippen LogP contribution in [0.1, 0.15) is 103 Å². The lowest BCUT2D eigenvalue weighted by atomic mass is 9.92. The van der Waals surface area contributed by atoms with Crippen molar-refractivity contribution in [1.82, 2.24) is 21.3 Å². The number of alkyl carbamates (subject to hydrolysis) is 4. The van der Waals surface area contributed by atoms with Crippen LogP contribution in [0.25, 0.3) is 0 Å². The summed E-state index contributed by atoms with van der Waals surface area (Å²) in [6.45, 7) is 6.84. The zero-order valence-electron chi connectivity index (χ0n) is 50.2. The molecule has 0 spiro atoms. The quantitative estimate of drug-likeness (QED) is 0.0282. The van der Waals surface area contributed by atoms with Gasteiger partial charge in [-0.15, -0.1) is 47.4 Å². The first-order valence-corrected chi connectivity index (χ1v) is 32.0. The molecular formula is C65H96N4O16. The van der Waals surface area contributed by atoms with E-state index in [1.807, 2.05) is 0 Å². The maximum atomic E-state index is 12.5. The van der Waals surface area contributed by atoms with Gasteiger partial charge in [-0.1, -0.05) is 0 Å². The average molecular weight is 1190 g/mol. The van der Waals surface area contributed by atoms with E-state index in [-0.39, 0.29) is 106 Å². The minimum atomic E-state index is -0.795. The van der Waals surface area contributed by atoms with E-state index in [9.17, 15) is 19.2 Å². The van der Waals surface area contributed by atoms with Gasteiger partial charge in [0.05, 0.1) is 138 Å². The van der Waals surface area contributed by atoms with Gasteiger partial charge in [-0.25, -0.2) is 19.2 Å². The van der Waals surface area contributed by atoms with E-state index in [1.165, 1.54) is 0 Å². The normalized spacial score (nSPS) is 27.9. The highest BCUT2D eigenvalue weighted by Gasteiger charge is 2.52. The molecule has 0 aromatic carbocycles. The van der Waals surface area contributed by atoms with E-state index in [0.717, 1.165) is 103 Å². The number of nitrogens with one attached hydrogen (secondary N) is 4. The van der Waals surface area contributed by atoms with Gasteiger partial charge in [0.2, 0.25) is 0 Å². The fourth-order valence-corrected chi connectivity index (χ4v) is 13.2. The third-order valence-electron chi connectivity index (χ3n) is 18.2. The first kappa shape index (κ1) is 66.0. The molecule has 0 aromatic heterocycles. The van der Waals surface area contributed by atoms with E-state index in [4.69, 9.17) is 56.8 Å². The fraction of sp³-hybridized carbons (Fsp3) is 0.815. The Bertz CT molecular complexity index is 1920. The van der Waals surface area contributed by atoms with Crippen molar-refractivity contribution in [2.24, 2.45) is 76.4 Å². The van der Waals surface area contributed by atoms with Crippen LogP contribution in [0.2, 0.25) is 0 Å². The molecule has 0 heterocycles. The van der Waals surface area contributed by atoms with E-state index in [1.54, 1.807) is 0 Å². The summed E-state index contributed by atoms with van der Waals surface area (Å²) in [6.07, 6.45) is 14.2. The van der Waals surface area contributed by atoms with Gasteiger partial charge in [0.1, 0.15) is 0 Å². The molecule has 7 unspecified atom stereocenters. The highest BCUT2D eigenvalue weighted by molar-refractivity contribution is 5.68. The van der Waals surface area contributed by atoms with Crippen molar-refractivity contribution in [3.8, 4) is 47.4 Å². The van der Waals surface area contributed by atoms with Gasteiger partial charge in [-0.05, 0) is 122 Å². The Labute approximate surface area is 504 Å². The van der Waals surface area contributed by atoms with Crippen LogP contribution in [-0.2, 0) is 56.8 Å². The van der Waals surface area contributed by atoms with E-state index < -0.39 is 29.8 Å². The summed E-state index contributed by atoms with van der Waals surface area (Å²) < 4.78 is 70.4. The van der Waals surface area contributed by atoms with Crippen LogP contribution >= 0.6 is 0 Å². The molecular weight excluding hydrogens is 1090 g/mol. The van der Waals surface area contributed by atoms with Crippen LogP contribution in [0.4, 0.5) is 19.2 Å². The van der Waals surface area contributed by atoms with Gasteiger partial charge in [-0.3, -0.25) is 0 Å². The van der Waals surface area contributed by atoms with Crippen molar-refractivity contribution in [1.29, 1.82) is 0 Å². The number of hydrogen-bond acceptors (Lipinski definition) is 16. The number of carbonyl (C=O) groups excluding carboxylic acids is 4. The fourth-order valence-electron chi connectivity index (χ4n) is 13.2. The monoisotopic (exact) mass is 1190 g/mol. The molecule has 8 rings (SSSR count). The Hall–Kier alpha value is -5.00. The molecule has 4 amide bonds. The summed E-state index contributed by atoms with van der Waals surface area (Å²) in [5, 5.41) is 11.2. The van der Waals surface area contributed by atoms with Crippen molar-refractivity contribution in [3.63, 3.8) is 0 Å². The van der Waals surface area contributed by atoms with E-state index >= 15 is 0 Å². The maximum Gasteiger partial charge on any atom is 0.407 e. The van der Waals surface area contributed by atoms with Gasteiger partial charge >= 0.3 is 24.4 Å². The van der Waals surface area contributed by atoms with Gasteiger partial charge in [-0.2, -0.15) is 0 Å². The second-order valence-electron chi connectivity index (χ2n) is 24.0. The second kappa shape index (κ2) is 37.6. The Kier molecular flexibility index (Phi) is 29.2. The second-order valence-corrected chi connectivity index (χ2v) is 24.0. The van der Waals surface area contributed by atoms with Gasteiger partial charge < -0.3 is 78.1 Å². The van der Waals surface area contributed by atoms with Crippen molar-refractivity contribution >= 4 is 24.4 Å². The summed E-state index contributed by atoms with van der Waals surface area (Å²) >= 11 is 0. The molecule has 85 heavy (non-hydrogen) atoms. The summed E-state index contributed by atoms with van der Waals surface area (Å²) in [6, 6.07) is 0. The molecule has 8 aliphatic rings. The SMILES string of the molecule is O=C(NCCOCCOCC(COCCOCCNC(=O)OCC1C2CCC#CCC[C@H]21)(COCCOCCNC(=O)OCC1C2CCC#CCC[C@H]21)COCCOCCNC(=O)OCC1[C@H]2CCC#CCC[C@@H]12)OCC1C2CCC#CCC[C@H]21. The zero-order chi connectivity index (χ0) is 59.0. The molecule has 0 aromatic rings. The standard InChI is InChI=1S/C65H96N4O16/c70-61(82-41-57-49-17-9-1-2-10-18-50(49)57)66-25-29-74-33-37-78-45-65(46-79-38-34-75-30-26-67-62(71)83-42-58-51-19-11-3-4-12-20-52(51)58,47-80-39-35-76-31-27-68-63(72)84-43-59-53-21-13-5-6-14-22-54(53)59)48-81-40-36-77-32-28-69-64(73)85-44-60-55-23-15-7-8-16-24-56(55)60/h49-60H,9-48H2,(H,66,70)(H,67,71)(H,68,72)(H,69,73)/t49-,50+,51-,52?,53-,54?,55-,56?,57?,58?,59?,60?,65?/m1/s1. The molecule has 20 heteroatoms. The highest BCUT2D eigenvalue weighted by Crippen LogP contribution is 2.55. The first-order valence-electron chi connectivity index (χ1n) is 32.0. The maximum absolute atomic E-state index is 12.5. The largest absolute Gasteiger partial charge is 0.449 e. The minimum absolute atomic E-state index is 0.186. The van der Waals surface area contributed by atoms with Crippen LogP contribution in [0.3, 0.4) is 0 Å². The number of hydrogen-bond donors (Lipinski definition) is 4. The number of fused-ring (bicyclic) bond motifs is 4. The first-order chi connectivity index (χ1) is 41.9. The van der Waals surface area contributed by atoms with Crippen LogP contribution in [0.5, 0.6) is 0 Å². The lowest BCUT2D eigenvalue weighted by Crippen LogP contribution is -2.43. The predicted molar refractivity (Wildman–Crippen MR) is 313 cm³/mol. The summed E-state index contributed by atoms with van der Waals surface area (Å²) in [4.78, 5) is 49.9. The van der Waals surface area contributed by atoms with Crippen molar-refractivity contribution in [2.75, 3.05) is 158 Å². The molecule has 0 bridgehead atoms. The number of ether oxygens (including phenoxy) is 12. The molecule has 4 saturated carbocycles. The number of rotatable bonds is 40. The van der Waals surface area contributed by atoms with Crippen LogP contribution in [0, 0.1) is 124 Å². The van der Waals surface area contributed by atoms with Crippen LogP contribution in [-0.4, -0.2) is 183 Å². The smallest absolute Gasteiger partial charge is 0.407 e. The van der Waals surface area contributed by atoms with Gasteiger partial charge in [0.25, 0.3) is 0 Å². The summed E-state index contributed by atoms with van der Waals surface area (Å²) in [5.74, 6) is 32.3. The third-order valence-corrected chi connectivity index (χ3v) is 18.2. The van der Waals surface area contributed by atoms with Crippen LogP contribution in [0.15, 0.2) is 0 Å². The van der Waals surface area contributed by atoms with E-state index in [2.05, 4.69) is 68.6 Å². The predicted octanol–water partition coefficient (Wildman–Crippen LogP) is 6.77. The zero-order valence-corrected chi connectivity index (χ0v) is 50.2. The highest BCUT2D eigenvalue weighted by atomic mass is 16.6. The molecule has 0 saturated heterocycles. The number of carbonyl (C=O) groups is 4. The molecule has 12 atom stereocenters. The van der Waals surface area contributed by atoms with Crippen LogP contribution < -0.4 is 21.3 Å². The Morgan fingerprint density at radius 2 is 0.471 bits per heavy atom. The van der Waals surface area contributed by atoms with Crippen molar-refractivity contribution in [2.45, 2.75) is 103 Å². The lowest BCUT2D eigenvalue weighted by Gasteiger charge is -2.33. The molecule has 0 radical (unpaired) electrons. The topological polar surface area (TPSA) is 227 Å². The Morgan fingerprint density at radius 1 is 0.282 bits per heavy atom. The summed E-state index contributed by atoms with van der Waals surface area (Å²) in [7, 11) is 0. The molecule has 472 valence electrons. The third kappa shape index (κ3) is 24.2.